The molecule has 7 nitrogen and oxygen atoms in total. The van der Waals surface area contributed by atoms with E-state index < -0.39 is 17.8 Å². The highest BCUT2D eigenvalue weighted by Crippen LogP contribution is 2.34. The number of amides is 1. The van der Waals surface area contributed by atoms with Gasteiger partial charge in [-0.1, -0.05) is 6.92 Å². The number of fused-ring (bicyclic) bond motifs is 1. The van der Waals surface area contributed by atoms with Gasteiger partial charge in [-0.2, -0.15) is 23.4 Å². The van der Waals surface area contributed by atoms with Crippen LogP contribution in [0.5, 0.6) is 0 Å². The average molecular weight is 463 g/mol. The zero-order chi connectivity index (χ0) is 23.0. The van der Waals surface area contributed by atoms with E-state index in [1.165, 1.54) is 17.4 Å². The van der Waals surface area contributed by atoms with Gasteiger partial charge in [-0.25, -0.2) is 9.50 Å². The highest BCUT2D eigenvalue weighted by atomic mass is 32.1. The Kier molecular flexibility index (Phi) is 5.76. The van der Waals surface area contributed by atoms with Gasteiger partial charge in [0.25, 0.3) is 5.91 Å². The van der Waals surface area contributed by atoms with Crippen molar-refractivity contribution < 1.29 is 18.0 Å². The summed E-state index contributed by atoms with van der Waals surface area (Å²) in [7, 11) is 0. The summed E-state index contributed by atoms with van der Waals surface area (Å²) < 4.78 is 43.7. The molecule has 0 atom stereocenters. The van der Waals surface area contributed by atoms with Crippen molar-refractivity contribution in [2.45, 2.75) is 46.5 Å². The van der Waals surface area contributed by atoms with Crippen LogP contribution in [0, 0.1) is 6.92 Å². The molecule has 4 aromatic heterocycles. The number of alkyl halides is 3. The number of carbonyl (C=O) groups is 1. The van der Waals surface area contributed by atoms with Crippen LogP contribution >= 0.6 is 11.3 Å². The fourth-order valence-corrected chi connectivity index (χ4v) is 4.19. The number of aryl methyl sites for hydroxylation is 3. The van der Waals surface area contributed by atoms with Crippen LogP contribution in [0.4, 0.5) is 13.2 Å². The standard InChI is InChI=1S/C21H21F3N6OS/c1-4-14-6-7-17(32-14)15-8-18(21(22,23)24)30-19(26-15)9-16(28-30)20(31)25-10-13-11-29(5-2)27-12(13)3/h6-9,11H,4-5,10H2,1-3H3,(H,25,31). The van der Waals surface area contributed by atoms with E-state index in [1.807, 2.05) is 33.0 Å². The molecule has 0 saturated carbocycles. The van der Waals surface area contributed by atoms with Crippen molar-refractivity contribution in [3.05, 3.63) is 58.0 Å². The molecular formula is C21H21F3N6OS. The van der Waals surface area contributed by atoms with Crippen LogP contribution in [0.1, 0.15) is 46.2 Å². The maximum atomic E-state index is 13.7. The number of nitrogens with zero attached hydrogens (tertiary/aromatic N) is 5. The summed E-state index contributed by atoms with van der Waals surface area (Å²) in [6.07, 6.45) is -2.06. The van der Waals surface area contributed by atoms with E-state index in [9.17, 15) is 18.0 Å². The van der Waals surface area contributed by atoms with Gasteiger partial charge in [0.15, 0.2) is 17.0 Å². The van der Waals surface area contributed by atoms with E-state index in [-0.39, 0.29) is 23.6 Å². The molecule has 4 heterocycles. The first-order chi connectivity index (χ1) is 15.2. The van der Waals surface area contributed by atoms with E-state index in [4.69, 9.17) is 0 Å². The molecule has 0 unspecified atom stereocenters. The summed E-state index contributed by atoms with van der Waals surface area (Å²) in [5.41, 5.74) is 0.634. The molecule has 0 spiro atoms. The van der Waals surface area contributed by atoms with E-state index in [0.717, 1.165) is 28.6 Å². The molecular weight excluding hydrogens is 441 g/mol. The fourth-order valence-electron chi connectivity index (χ4n) is 3.28. The van der Waals surface area contributed by atoms with Gasteiger partial charge in [0.2, 0.25) is 0 Å². The third kappa shape index (κ3) is 4.24. The first kappa shape index (κ1) is 22.0. The van der Waals surface area contributed by atoms with E-state index >= 15 is 0 Å². The van der Waals surface area contributed by atoms with Crippen LogP contribution in [-0.2, 0) is 25.7 Å². The monoisotopic (exact) mass is 462 g/mol. The van der Waals surface area contributed by atoms with Crippen molar-refractivity contribution in [3.63, 3.8) is 0 Å². The number of halogens is 3. The topological polar surface area (TPSA) is 77.1 Å². The van der Waals surface area contributed by atoms with Crippen LogP contribution < -0.4 is 5.32 Å². The highest BCUT2D eigenvalue weighted by molar-refractivity contribution is 7.15. The fraction of sp³-hybridized carbons (Fsp3) is 0.333. The number of hydrogen-bond donors (Lipinski definition) is 1. The van der Waals surface area contributed by atoms with Gasteiger partial charge in [0.1, 0.15) is 0 Å². The van der Waals surface area contributed by atoms with Crippen molar-refractivity contribution in [1.29, 1.82) is 0 Å². The van der Waals surface area contributed by atoms with E-state index in [1.54, 1.807) is 10.7 Å². The Morgan fingerprint density at radius 1 is 1.19 bits per heavy atom. The van der Waals surface area contributed by atoms with Gasteiger partial charge < -0.3 is 5.32 Å². The molecule has 32 heavy (non-hydrogen) atoms. The van der Waals surface area contributed by atoms with Gasteiger partial charge >= 0.3 is 6.18 Å². The van der Waals surface area contributed by atoms with Gasteiger partial charge in [0, 0.05) is 35.8 Å². The lowest BCUT2D eigenvalue weighted by atomic mass is 10.2. The largest absolute Gasteiger partial charge is 0.433 e. The zero-order valence-corrected chi connectivity index (χ0v) is 18.5. The number of aromatic nitrogens is 5. The number of rotatable bonds is 6. The minimum atomic E-state index is -4.66. The van der Waals surface area contributed by atoms with Crippen LogP contribution in [0.3, 0.4) is 0 Å². The van der Waals surface area contributed by atoms with E-state index in [0.29, 0.717) is 15.9 Å². The molecule has 0 aliphatic carbocycles. The molecule has 168 valence electrons. The molecule has 0 bridgehead atoms. The molecule has 4 aromatic rings. The van der Waals surface area contributed by atoms with Crippen LogP contribution in [0.15, 0.2) is 30.5 Å². The molecule has 4 rings (SSSR count). The second-order valence-corrected chi connectivity index (χ2v) is 8.39. The van der Waals surface area contributed by atoms with Crippen molar-refractivity contribution in [2.24, 2.45) is 0 Å². The lowest BCUT2D eigenvalue weighted by Crippen LogP contribution is -2.23. The Labute approximate surface area is 185 Å². The van der Waals surface area contributed by atoms with Crippen molar-refractivity contribution in [2.75, 3.05) is 0 Å². The maximum absolute atomic E-state index is 13.7. The maximum Gasteiger partial charge on any atom is 0.433 e. The van der Waals surface area contributed by atoms with Crippen LogP contribution in [0.2, 0.25) is 0 Å². The van der Waals surface area contributed by atoms with E-state index in [2.05, 4.69) is 20.5 Å². The molecule has 1 amide bonds. The summed E-state index contributed by atoms with van der Waals surface area (Å²) in [4.78, 5) is 18.6. The SMILES string of the molecule is CCc1ccc(-c2cc(C(F)(F)F)n3nc(C(=O)NCc4cn(CC)nc4C)cc3n2)s1. The molecule has 0 aliphatic heterocycles. The third-order valence-corrected chi connectivity index (χ3v) is 6.28. The number of hydrogen-bond acceptors (Lipinski definition) is 5. The number of carbonyl (C=O) groups excluding carboxylic acids is 1. The van der Waals surface area contributed by atoms with Gasteiger partial charge in [-0.15, -0.1) is 11.3 Å². The predicted octanol–water partition coefficient (Wildman–Crippen LogP) is 4.49. The normalized spacial score (nSPS) is 11.9. The number of nitrogens with one attached hydrogen (secondary N) is 1. The Hall–Kier alpha value is -3.21. The van der Waals surface area contributed by atoms with Gasteiger partial charge in [-0.3, -0.25) is 9.48 Å². The molecule has 0 aliphatic rings. The smallest absolute Gasteiger partial charge is 0.346 e. The predicted molar refractivity (Wildman–Crippen MR) is 114 cm³/mol. The summed E-state index contributed by atoms with van der Waals surface area (Å²) in [5, 5.41) is 10.9. The Bertz CT molecular complexity index is 1290. The summed E-state index contributed by atoms with van der Waals surface area (Å²) in [6.45, 7) is 6.64. The van der Waals surface area contributed by atoms with Crippen molar-refractivity contribution in [1.82, 2.24) is 29.7 Å². The van der Waals surface area contributed by atoms with Crippen LogP contribution in [0.25, 0.3) is 16.2 Å². The summed E-state index contributed by atoms with van der Waals surface area (Å²) >= 11 is 1.39. The second kappa shape index (κ2) is 8.38. The minimum absolute atomic E-state index is 0.0404. The number of thiophene rings is 1. The third-order valence-electron chi connectivity index (χ3n) is 5.02. The lowest BCUT2D eigenvalue weighted by Gasteiger charge is -2.10. The van der Waals surface area contributed by atoms with Crippen molar-refractivity contribution >= 4 is 22.9 Å². The average Bonchev–Trinajstić information content (AvgIpc) is 3.48. The second-order valence-electron chi connectivity index (χ2n) is 7.22. The first-order valence-corrected chi connectivity index (χ1v) is 10.9. The molecule has 1 N–H and O–H groups in total. The Morgan fingerprint density at radius 2 is 1.97 bits per heavy atom. The Balaban J connectivity index is 1.67. The summed E-state index contributed by atoms with van der Waals surface area (Å²) in [6, 6.07) is 5.86. The Morgan fingerprint density at radius 3 is 2.59 bits per heavy atom. The molecule has 11 heteroatoms. The highest BCUT2D eigenvalue weighted by Gasteiger charge is 2.35. The van der Waals surface area contributed by atoms with Crippen molar-refractivity contribution in [3.8, 4) is 10.6 Å². The molecule has 0 fully saturated rings. The minimum Gasteiger partial charge on any atom is -0.346 e. The molecule has 0 saturated heterocycles. The molecule has 0 aromatic carbocycles. The summed E-state index contributed by atoms with van der Waals surface area (Å²) in [5.74, 6) is -0.585. The quantitative estimate of drug-likeness (QED) is 0.458. The van der Waals surface area contributed by atoms with Gasteiger partial charge in [0.05, 0.1) is 16.3 Å². The lowest BCUT2D eigenvalue weighted by molar-refractivity contribution is -0.142. The molecule has 0 radical (unpaired) electrons. The zero-order valence-electron chi connectivity index (χ0n) is 17.7. The first-order valence-electron chi connectivity index (χ1n) is 10.1. The van der Waals surface area contributed by atoms with Gasteiger partial charge in [-0.05, 0) is 38.5 Å². The van der Waals surface area contributed by atoms with Crippen LogP contribution in [-0.4, -0.2) is 30.3 Å².